The second-order valence-corrected chi connectivity index (χ2v) is 10.7. The number of anilines is 1. The van der Waals surface area contributed by atoms with Crippen LogP contribution in [0.5, 0.6) is 11.5 Å². The molecular formula is C25H32N2O4. The van der Waals surface area contributed by atoms with Crippen molar-refractivity contribution >= 4 is 17.5 Å². The lowest BCUT2D eigenvalue weighted by atomic mass is 9.48. The third-order valence-electron chi connectivity index (χ3n) is 8.70. The van der Waals surface area contributed by atoms with E-state index in [2.05, 4.69) is 12.2 Å². The molecule has 0 radical (unpaired) electrons. The molecule has 31 heavy (non-hydrogen) atoms. The first-order chi connectivity index (χ1) is 15.0. The van der Waals surface area contributed by atoms with Gasteiger partial charge in [-0.05, 0) is 80.8 Å². The Morgan fingerprint density at radius 3 is 2.39 bits per heavy atom. The Bertz CT molecular complexity index is 877. The fourth-order valence-electron chi connectivity index (χ4n) is 7.52. The van der Waals surface area contributed by atoms with Crippen LogP contribution < -0.4 is 19.7 Å². The van der Waals surface area contributed by atoms with Crippen molar-refractivity contribution in [2.45, 2.75) is 57.9 Å². The number of rotatable bonds is 4. The zero-order chi connectivity index (χ0) is 21.2. The zero-order valence-electron chi connectivity index (χ0n) is 18.3. The molecule has 5 fully saturated rings. The van der Waals surface area contributed by atoms with Crippen molar-refractivity contribution in [1.29, 1.82) is 0 Å². The molecule has 1 aromatic rings. The minimum Gasteiger partial charge on any atom is -0.486 e. The van der Waals surface area contributed by atoms with Crippen molar-refractivity contribution in [3.8, 4) is 11.5 Å². The molecule has 0 aromatic heterocycles. The molecule has 4 saturated carbocycles. The number of hydrogen-bond acceptors (Lipinski definition) is 4. The van der Waals surface area contributed by atoms with E-state index in [1.165, 1.54) is 38.5 Å². The van der Waals surface area contributed by atoms with Crippen LogP contribution in [0.15, 0.2) is 18.2 Å². The van der Waals surface area contributed by atoms with Crippen LogP contribution in [0, 0.1) is 29.1 Å². The zero-order valence-corrected chi connectivity index (χ0v) is 18.3. The van der Waals surface area contributed by atoms with Crippen LogP contribution in [-0.4, -0.2) is 37.6 Å². The van der Waals surface area contributed by atoms with Gasteiger partial charge in [-0.15, -0.1) is 0 Å². The molecule has 1 saturated heterocycles. The summed E-state index contributed by atoms with van der Waals surface area (Å²) in [5.41, 5.74) is 1.06. The van der Waals surface area contributed by atoms with Crippen LogP contribution in [0.3, 0.4) is 0 Å². The number of carbonyl (C=O) groups excluding carboxylic acids is 2. The molecule has 2 heterocycles. The highest BCUT2D eigenvalue weighted by atomic mass is 16.6. The van der Waals surface area contributed by atoms with Gasteiger partial charge in [0.25, 0.3) is 0 Å². The molecule has 0 spiro atoms. The van der Waals surface area contributed by atoms with Crippen LogP contribution >= 0.6 is 0 Å². The van der Waals surface area contributed by atoms with E-state index in [0.29, 0.717) is 31.3 Å². The van der Waals surface area contributed by atoms with Gasteiger partial charge in [0.2, 0.25) is 11.8 Å². The second kappa shape index (κ2) is 7.14. The smallest absolute Gasteiger partial charge is 0.227 e. The summed E-state index contributed by atoms with van der Waals surface area (Å²) in [6.07, 6.45) is 8.30. The van der Waals surface area contributed by atoms with E-state index in [-0.39, 0.29) is 35.6 Å². The van der Waals surface area contributed by atoms with Gasteiger partial charge in [-0.2, -0.15) is 0 Å². The molecule has 2 atom stereocenters. The number of hydrogen-bond donors (Lipinski definition) is 1. The highest BCUT2D eigenvalue weighted by Crippen LogP contribution is 2.61. The lowest BCUT2D eigenvalue weighted by molar-refractivity contribution is -0.130. The number of amides is 2. The number of benzene rings is 1. The van der Waals surface area contributed by atoms with Gasteiger partial charge in [0.15, 0.2) is 11.5 Å². The number of ether oxygens (including phenoxy) is 2. The van der Waals surface area contributed by atoms with Crippen LogP contribution in [0.2, 0.25) is 0 Å². The summed E-state index contributed by atoms with van der Waals surface area (Å²) in [5, 5.41) is 3.36. The molecule has 7 rings (SSSR count). The van der Waals surface area contributed by atoms with E-state index in [0.717, 1.165) is 23.4 Å². The monoisotopic (exact) mass is 424 g/mol. The predicted octanol–water partition coefficient (Wildman–Crippen LogP) is 3.53. The lowest BCUT2D eigenvalue weighted by Crippen LogP contribution is -2.56. The van der Waals surface area contributed by atoms with Crippen molar-refractivity contribution in [1.82, 2.24) is 5.32 Å². The summed E-state index contributed by atoms with van der Waals surface area (Å²) in [4.78, 5) is 27.6. The average Bonchev–Trinajstić information content (AvgIpc) is 3.14. The summed E-state index contributed by atoms with van der Waals surface area (Å²) in [6, 6.07) is 5.76. The predicted molar refractivity (Wildman–Crippen MR) is 116 cm³/mol. The summed E-state index contributed by atoms with van der Waals surface area (Å²) < 4.78 is 11.2. The summed E-state index contributed by atoms with van der Waals surface area (Å²) >= 11 is 0. The maximum absolute atomic E-state index is 13.2. The summed E-state index contributed by atoms with van der Waals surface area (Å²) in [7, 11) is 0. The molecule has 166 valence electrons. The molecule has 6 nitrogen and oxygen atoms in total. The largest absolute Gasteiger partial charge is 0.486 e. The van der Waals surface area contributed by atoms with Crippen LogP contribution in [0.4, 0.5) is 5.69 Å². The van der Waals surface area contributed by atoms with Crippen molar-refractivity contribution in [2.75, 3.05) is 24.7 Å². The molecule has 2 amide bonds. The van der Waals surface area contributed by atoms with Gasteiger partial charge in [0.05, 0.1) is 5.92 Å². The lowest BCUT2D eigenvalue weighted by Gasteiger charge is -2.59. The second-order valence-electron chi connectivity index (χ2n) is 10.7. The summed E-state index contributed by atoms with van der Waals surface area (Å²) in [5.74, 6) is 3.71. The Balaban J connectivity index is 1.13. The third kappa shape index (κ3) is 3.30. The minimum atomic E-state index is -0.294. The van der Waals surface area contributed by atoms with E-state index in [1.807, 2.05) is 18.2 Å². The van der Waals surface area contributed by atoms with E-state index in [1.54, 1.807) is 4.90 Å². The molecule has 1 N–H and O–H groups in total. The van der Waals surface area contributed by atoms with E-state index < -0.39 is 0 Å². The Morgan fingerprint density at radius 2 is 1.71 bits per heavy atom. The molecule has 0 unspecified atom stereocenters. The normalized spacial score (nSPS) is 36.5. The van der Waals surface area contributed by atoms with Gasteiger partial charge < -0.3 is 19.7 Å². The van der Waals surface area contributed by atoms with Crippen molar-refractivity contribution < 1.29 is 19.1 Å². The van der Waals surface area contributed by atoms with Crippen LogP contribution in [0.1, 0.15) is 51.9 Å². The molecule has 4 bridgehead atoms. The number of fused-ring (bicyclic) bond motifs is 1. The molecule has 2 aliphatic heterocycles. The van der Waals surface area contributed by atoms with E-state index >= 15 is 0 Å². The minimum absolute atomic E-state index is 0.000662. The number of nitrogens with one attached hydrogen (secondary N) is 1. The Morgan fingerprint density at radius 1 is 1.06 bits per heavy atom. The van der Waals surface area contributed by atoms with Gasteiger partial charge in [-0.25, -0.2) is 0 Å². The standard InChI is InChI=1S/C25H32N2O4/c1-15(25-11-16-6-17(12-25)8-18(7-16)13-25)26-24(29)19-9-23(28)27(14-19)20-2-3-21-22(10-20)31-5-4-30-21/h2-3,10,15-19H,4-9,11-14H2,1H3,(H,26,29)/t15-,16?,17?,18?,19+,25?/m1/s1. The highest BCUT2D eigenvalue weighted by molar-refractivity contribution is 6.00. The van der Waals surface area contributed by atoms with Gasteiger partial charge in [0.1, 0.15) is 13.2 Å². The third-order valence-corrected chi connectivity index (χ3v) is 8.70. The Labute approximate surface area is 183 Å². The quantitative estimate of drug-likeness (QED) is 0.803. The van der Waals surface area contributed by atoms with Gasteiger partial charge in [-0.3, -0.25) is 9.59 Å². The number of nitrogens with zero attached hydrogens (tertiary/aromatic N) is 1. The Kier molecular flexibility index (Phi) is 4.48. The molecule has 6 heteroatoms. The van der Waals surface area contributed by atoms with Crippen LogP contribution in [0.25, 0.3) is 0 Å². The molecule has 6 aliphatic rings. The SMILES string of the molecule is C[C@@H](NC(=O)[C@H]1CC(=O)N(c2ccc3c(c2)OCCO3)C1)C12CC3CC(CC(C3)C1)C2. The van der Waals surface area contributed by atoms with Crippen molar-refractivity contribution in [3.05, 3.63) is 18.2 Å². The van der Waals surface area contributed by atoms with E-state index in [4.69, 9.17) is 9.47 Å². The summed E-state index contributed by atoms with van der Waals surface area (Å²) in [6.45, 7) is 3.69. The highest BCUT2D eigenvalue weighted by Gasteiger charge is 2.53. The fourth-order valence-corrected chi connectivity index (χ4v) is 7.52. The topological polar surface area (TPSA) is 67.9 Å². The van der Waals surface area contributed by atoms with Gasteiger partial charge >= 0.3 is 0 Å². The van der Waals surface area contributed by atoms with E-state index in [9.17, 15) is 9.59 Å². The average molecular weight is 425 g/mol. The fraction of sp³-hybridized carbons (Fsp3) is 0.680. The van der Waals surface area contributed by atoms with Gasteiger partial charge in [-0.1, -0.05) is 0 Å². The molecular weight excluding hydrogens is 392 g/mol. The van der Waals surface area contributed by atoms with Gasteiger partial charge in [0, 0.05) is 30.8 Å². The first-order valence-electron chi connectivity index (χ1n) is 12.0. The van der Waals surface area contributed by atoms with Crippen molar-refractivity contribution in [2.24, 2.45) is 29.1 Å². The number of carbonyl (C=O) groups is 2. The molecule has 1 aromatic carbocycles. The Hall–Kier alpha value is -2.24. The first-order valence-corrected chi connectivity index (χ1v) is 12.0. The van der Waals surface area contributed by atoms with Crippen molar-refractivity contribution in [3.63, 3.8) is 0 Å². The van der Waals surface area contributed by atoms with Crippen LogP contribution in [-0.2, 0) is 9.59 Å². The maximum Gasteiger partial charge on any atom is 0.227 e. The maximum atomic E-state index is 13.2. The first kappa shape index (κ1) is 19.4. The molecule has 4 aliphatic carbocycles.